The van der Waals surface area contributed by atoms with Gasteiger partial charge in [0.15, 0.2) is 5.96 Å². The number of rotatable bonds is 7. The molecule has 29 heavy (non-hydrogen) atoms. The Balaban J connectivity index is 0.00000300. The highest BCUT2D eigenvalue weighted by Crippen LogP contribution is 2.11. The highest BCUT2D eigenvalue weighted by molar-refractivity contribution is 14.0. The van der Waals surface area contributed by atoms with Crippen LogP contribution >= 0.6 is 24.0 Å². The van der Waals surface area contributed by atoms with Gasteiger partial charge in [0.25, 0.3) is 0 Å². The largest absolute Gasteiger partial charge is 0.478 e. The van der Waals surface area contributed by atoms with E-state index in [2.05, 4.69) is 43.9 Å². The van der Waals surface area contributed by atoms with Gasteiger partial charge in [0, 0.05) is 57.4 Å². The van der Waals surface area contributed by atoms with Crippen molar-refractivity contribution in [2.24, 2.45) is 4.99 Å². The van der Waals surface area contributed by atoms with Gasteiger partial charge in [-0.05, 0) is 25.0 Å². The minimum atomic E-state index is 0. The fraction of sp³-hybridized carbons (Fsp3) is 0.500. The SMILES string of the molecule is CCCOc1ccc(CN=C(NCC)N2CCN(c3ncccn3)CC2)cn1.I. The average Bonchev–Trinajstić information content (AvgIpc) is 2.77. The summed E-state index contributed by atoms with van der Waals surface area (Å²) in [7, 11) is 0. The number of aromatic nitrogens is 3. The van der Waals surface area contributed by atoms with Crippen LogP contribution in [0.5, 0.6) is 5.88 Å². The second-order valence-electron chi connectivity index (χ2n) is 6.55. The molecule has 2 aromatic heterocycles. The number of anilines is 1. The summed E-state index contributed by atoms with van der Waals surface area (Å²) in [5.74, 6) is 2.39. The van der Waals surface area contributed by atoms with Gasteiger partial charge in [-0.25, -0.2) is 19.9 Å². The number of halogens is 1. The van der Waals surface area contributed by atoms with E-state index in [4.69, 9.17) is 9.73 Å². The fourth-order valence-electron chi connectivity index (χ4n) is 2.96. The molecule has 0 aromatic carbocycles. The molecule has 9 heteroatoms. The van der Waals surface area contributed by atoms with Crippen LogP contribution in [-0.4, -0.2) is 65.1 Å². The maximum absolute atomic E-state index is 5.53. The summed E-state index contributed by atoms with van der Waals surface area (Å²) in [4.78, 5) is 22.3. The molecule has 0 amide bonds. The Morgan fingerprint density at radius 3 is 2.48 bits per heavy atom. The molecular formula is C20H30IN7O. The molecule has 3 heterocycles. The Morgan fingerprint density at radius 2 is 1.86 bits per heavy atom. The molecule has 0 spiro atoms. The molecule has 1 fully saturated rings. The van der Waals surface area contributed by atoms with E-state index in [0.29, 0.717) is 19.0 Å². The van der Waals surface area contributed by atoms with Crippen molar-refractivity contribution in [1.29, 1.82) is 0 Å². The minimum Gasteiger partial charge on any atom is -0.478 e. The van der Waals surface area contributed by atoms with E-state index in [1.807, 2.05) is 24.4 Å². The van der Waals surface area contributed by atoms with Gasteiger partial charge in [0.2, 0.25) is 11.8 Å². The standard InChI is InChI=1S/C20H29N7O.HI/c1-3-14-28-18-7-6-17(15-24-18)16-25-19(21-4-2)26-10-12-27(13-11-26)20-22-8-5-9-23-20;/h5-9,15H,3-4,10-14,16H2,1-2H3,(H,21,25);1H. The topological polar surface area (TPSA) is 78.8 Å². The Kier molecular flexibility index (Phi) is 9.89. The highest BCUT2D eigenvalue weighted by Gasteiger charge is 2.21. The summed E-state index contributed by atoms with van der Waals surface area (Å²) in [6.07, 6.45) is 6.38. The lowest BCUT2D eigenvalue weighted by Crippen LogP contribution is -2.52. The van der Waals surface area contributed by atoms with Gasteiger partial charge < -0.3 is 19.9 Å². The minimum absolute atomic E-state index is 0. The molecule has 0 radical (unpaired) electrons. The summed E-state index contributed by atoms with van der Waals surface area (Å²) in [6, 6.07) is 5.77. The number of ether oxygens (including phenoxy) is 1. The van der Waals surface area contributed by atoms with Crippen molar-refractivity contribution in [3.63, 3.8) is 0 Å². The Bertz CT molecular complexity index is 734. The maximum atomic E-state index is 5.53. The molecule has 1 aliphatic heterocycles. The predicted octanol–water partition coefficient (Wildman–Crippen LogP) is 2.57. The number of hydrogen-bond acceptors (Lipinski definition) is 6. The molecule has 0 atom stereocenters. The molecule has 0 saturated carbocycles. The van der Waals surface area contributed by atoms with Crippen LogP contribution in [0.1, 0.15) is 25.8 Å². The smallest absolute Gasteiger partial charge is 0.225 e. The number of pyridine rings is 1. The van der Waals surface area contributed by atoms with Crippen LogP contribution < -0.4 is 15.0 Å². The first-order valence-corrected chi connectivity index (χ1v) is 9.93. The van der Waals surface area contributed by atoms with Crippen molar-refractivity contribution in [3.05, 3.63) is 42.4 Å². The molecule has 1 saturated heterocycles. The molecule has 0 bridgehead atoms. The molecule has 0 aliphatic carbocycles. The summed E-state index contributed by atoms with van der Waals surface area (Å²) < 4.78 is 5.53. The third-order valence-corrected chi connectivity index (χ3v) is 4.41. The third-order valence-electron chi connectivity index (χ3n) is 4.41. The van der Waals surface area contributed by atoms with Crippen LogP contribution in [0.4, 0.5) is 5.95 Å². The molecule has 1 N–H and O–H groups in total. The molecule has 0 unspecified atom stereocenters. The number of piperazine rings is 1. The number of hydrogen-bond donors (Lipinski definition) is 1. The van der Waals surface area contributed by atoms with E-state index in [0.717, 1.165) is 56.6 Å². The van der Waals surface area contributed by atoms with Gasteiger partial charge in [-0.3, -0.25) is 0 Å². The van der Waals surface area contributed by atoms with Crippen LogP contribution in [0.15, 0.2) is 41.8 Å². The normalized spacial score (nSPS) is 14.3. The van der Waals surface area contributed by atoms with E-state index < -0.39 is 0 Å². The molecule has 8 nitrogen and oxygen atoms in total. The lowest BCUT2D eigenvalue weighted by Gasteiger charge is -2.36. The van der Waals surface area contributed by atoms with E-state index in [9.17, 15) is 0 Å². The van der Waals surface area contributed by atoms with Crippen molar-refractivity contribution < 1.29 is 4.74 Å². The van der Waals surface area contributed by atoms with Crippen LogP contribution in [0.25, 0.3) is 0 Å². The first-order valence-electron chi connectivity index (χ1n) is 9.93. The number of nitrogens with zero attached hydrogens (tertiary/aromatic N) is 6. The number of aliphatic imine (C=N–C) groups is 1. The fourth-order valence-corrected chi connectivity index (χ4v) is 2.96. The van der Waals surface area contributed by atoms with E-state index >= 15 is 0 Å². The number of guanidine groups is 1. The Hall–Kier alpha value is -2.17. The Morgan fingerprint density at radius 1 is 1.10 bits per heavy atom. The lowest BCUT2D eigenvalue weighted by molar-refractivity contribution is 0.305. The van der Waals surface area contributed by atoms with Crippen LogP contribution in [0.3, 0.4) is 0 Å². The first kappa shape index (κ1) is 23.1. The van der Waals surface area contributed by atoms with Gasteiger partial charge >= 0.3 is 0 Å². The van der Waals surface area contributed by atoms with Gasteiger partial charge in [-0.2, -0.15) is 0 Å². The van der Waals surface area contributed by atoms with Crippen molar-refractivity contribution in [2.75, 3.05) is 44.2 Å². The van der Waals surface area contributed by atoms with Crippen molar-refractivity contribution in [1.82, 2.24) is 25.2 Å². The van der Waals surface area contributed by atoms with Crippen LogP contribution in [0, 0.1) is 0 Å². The van der Waals surface area contributed by atoms with Gasteiger partial charge in [0.05, 0.1) is 13.2 Å². The predicted molar refractivity (Wildman–Crippen MR) is 126 cm³/mol. The summed E-state index contributed by atoms with van der Waals surface area (Å²) in [5, 5.41) is 3.40. The van der Waals surface area contributed by atoms with Crippen LogP contribution in [0.2, 0.25) is 0 Å². The second kappa shape index (κ2) is 12.4. The quantitative estimate of drug-likeness (QED) is 0.348. The maximum Gasteiger partial charge on any atom is 0.225 e. The zero-order valence-corrected chi connectivity index (χ0v) is 19.5. The van der Waals surface area contributed by atoms with Crippen molar-refractivity contribution in [2.45, 2.75) is 26.8 Å². The molecule has 3 rings (SSSR count). The molecule has 158 valence electrons. The second-order valence-corrected chi connectivity index (χ2v) is 6.55. The van der Waals surface area contributed by atoms with Crippen molar-refractivity contribution >= 4 is 35.9 Å². The van der Waals surface area contributed by atoms with Gasteiger partial charge in [-0.15, -0.1) is 24.0 Å². The zero-order chi connectivity index (χ0) is 19.6. The third kappa shape index (κ3) is 6.98. The first-order chi connectivity index (χ1) is 13.8. The summed E-state index contributed by atoms with van der Waals surface area (Å²) >= 11 is 0. The lowest BCUT2D eigenvalue weighted by atomic mass is 10.3. The summed E-state index contributed by atoms with van der Waals surface area (Å²) in [6.45, 7) is 9.80. The molecule has 1 aliphatic rings. The molecule has 2 aromatic rings. The van der Waals surface area contributed by atoms with E-state index in [1.54, 1.807) is 12.4 Å². The van der Waals surface area contributed by atoms with Gasteiger partial charge in [-0.1, -0.05) is 13.0 Å². The van der Waals surface area contributed by atoms with Gasteiger partial charge in [0.1, 0.15) is 0 Å². The zero-order valence-electron chi connectivity index (χ0n) is 17.1. The van der Waals surface area contributed by atoms with E-state index in [1.165, 1.54) is 0 Å². The summed E-state index contributed by atoms with van der Waals surface area (Å²) in [5.41, 5.74) is 1.07. The highest BCUT2D eigenvalue weighted by atomic mass is 127. The monoisotopic (exact) mass is 511 g/mol. The average molecular weight is 511 g/mol. The molecular weight excluding hydrogens is 481 g/mol. The van der Waals surface area contributed by atoms with E-state index in [-0.39, 0.29) is 24.0 Å². The number of nitrogens with one attached hydrogen (secondary N) is 1. The van der Waals surface area contributed by atoms with Crippen LogP contribution in [-0.2, 0) is 6.54 Å². The Labute approximate surface area is 189 Å². The van der Waals surface area contributed by atoms with Crippen molar-refractivity contribution in [3.8, 4) is 5.88 Å².